The molecule has 0 radical (unpaired) electrons. The van der Waals surface area contributed by atoms with Gasteiger partial charge in [-0.15, -0.1) is 0 Å². The molecule has 0 saturated carbocycles. The van der Waals surface area contributed by atoms with E-state index >= 15 is 0 Å². The average molecular weight is 506 g/mol. The zero-order chi connectivity index (χ0) is 27.2. The zero-order valence-corrected chi connectivity index (χ0v) is 19.8. The quantitative estimate of drug-likeness (QED) is 0.193. The van der Waals surface area contributed by atoms with Gasteiger partial charge in [0.2, 0.25) is 0 Å². The summed E-state index contributed by atoms with van der Waals surface area (Å²) in [6, 6.07) is 15.8. The Morgan fingerprint density at radius 2 is 1.43 bits per heavy atom. The first kappa shape index (κ1) is 28.4. The third-order valence-corrected chi connectivity index (χ3v) is 4.56. The van der Waals surface area contributed by atoms with Gasteiger partial charge in [-0.05, 0) is 54.0 Å². The molecule has 4 rings (SSSR count). The maximum atomic E-state index is 11.2. The number of hydrogen-bond donors (Lipinski definition) is 3. The zero-order valence-electron chi connectivity index (χ0n) is 19.8. The third-order valence-electron chi connectivity index (χ3n) is 4.56. The highest BCUT2D eigenvalue weighted by molar-refractivity contribution is 6.58. The normalized spacial score (nSPS) is 9.51. The van der Waals surface area contributed by atoms with Crippen molar-refractivity contribution >= 4 is 37.1 Å². The molecular formula is C24H23BN4O8. The largest absolute Gasteiger partial charge is 0.488 e. The molecule has 2 aromatic heterocycles. The van der Waals surface area contributed by atoms with Gasteiger partial charge >= 0.3 is 19.1 Å². The van der Waals surface area contributed by atoms with Crippen LogP contribution in [-0.4, -0.2) is 75.9 Å². The molecule has 0 unspecified atom stereocenters. The van der Waals surface area contributed by atoms with Crippen LogP contribution in [-0.2, 0) is 9.47 Å². The Morgan fingerprint density at radius 3 is 1.81 bits per heavy atom. The summed E-state index contributed by atoms with van der Waals surface area (Å²) in [6.07, 6.45) is 4.60. The number of esters is 2. The third kappa shape index (κ3) is 8.69. The number of ether oxygens (including phenoxy) is 2. The van der Waals surface area contributed by atoms with E-state index in [-0.39, 0.29) is 5.97 Å². The first-order valence-corrected chi connectivity index (χ1v) is 10.5. The summed E-state index contributed by atoms with van der Waals surface area (Å²) in [7, 11) is 1.11. The van der Waals surface area contributed by atoms with Gasteiger partial charge in [-0.3, -0.25) is 14.7 Å². The molecule has 13 heteroatoms. The monoisotopic (exact) mass is 506 g/mol. The van der Waals surface area contributed by atoms with Crippen LogP contribution in [0.4, 0.5) is 0 Å². The molecule has 3 N–H and O–H groups in total. The molecule has 4 aromatic rings. The standard InChI is InChI=1S/C12H10N2O3.C8H9BO4.C4H4N2O/c1-17-12(16)9-2-4-11(5-3-9)14-7-6-10(8-15)13-14;1-13-8(10)6-2-4-7(5-3-6)9(11)12;7-3-4-1-2-5-6-4/h2-8H,1H3;2-5,11-12H,1H3;1-3H,(H,5,6). The molecule has 37 heavy (non-hydrogen) atoms. The van der Waals surface area contributed by atoms with Crippen LogP contribution in [0.2, 0.25) is 0 Å². The van der Waals surface area contributed by atoms with Gasteiger partial charge in [0.1, 0.15) is 5.69 Å². The van der Waals surface area contributed by atoms with E-state index in [0.29, 0.717) is 40.5 Å². The topological polar surface area (TPSA) is 174 Å². The van der Waals surface area contributed by atoms with Crippen molar-refractivity contribution in [2.45, 2.75) is 0 Å². The Kier molecular flexibility index (Phi) is 11.1. The molecule has 0 aliphatic rings. The van der Waals surface area contributed by atoms with Crippen LogP contribution in [0.1, 0.15) is 41.7 Å². The van der Waals surface area contributed by atoms with Crippen LogP contribution in [0.5, 0.6) is 0 Å². The van der Waals surface area contributed by atoms with Gasteiger partial charge in [0, 0.05) is 12.4 Å². The summed E-state index contributed by atoms with van der Waals surface area (Å²) in [6.45, 7) is 0. The van der Waals surface area contributed by atoms with Crippen LogP contribution >= 0.6 is 0 Å². The molecule has 0 aliphatic heterocycles. The Morgan fingerprint density at radius 1 is 0.865 bits per heavy atom. The van der Waals surface area contributed by atoms with Gasteiger partial charge in [-0.2, -0.15) is 10.2 Å². The number of aromatic amines is 1. The predicted octanol–water partition coefficient (Wildman–Crippen LogP) is 0.847. The van der Waals surface area contributed by atoms with Crippen LogP contribution in [0.25, 0.3) is 5.69 Å². The van der Waals surface area contributed by atoms with Gasteiger partial charge in [-0.1, -0.05) is 12.1 Å². The summed E-state index contributed by atoms with van der Waals surface area (Å²) < 4.78 is 10.6. The van der Waals surface area contributed by atoms with E-state index in [1.54, 1.807) is 47.3 Å². The molecule has 12 nitrogen and oxygen atoms in total. The molecule has 2 aromatic carbocycles. The second kappa shape index (κ2) is 14.5. The fourth-order valence-corrected chi connectivity index (χ4v) is 2.65. The Balaban J connectivity index is 0.000000212. The van der Waals surface area contributed by atoms with E-state index in [0.717, 1.165) is 5.69 Å². The van der Waals surface area contributed by atoms with Crippen LogP contribution in [0.15, 0.2) is 73.1 Å². The van der Waals surface area contributed by atoms with E-state index in [1.807, 2.05) is 0 Å². The Labute approximate surface area is 211 Å². The minimum Gasteiger partial charge on any atom is -0.465 e. The molecule has 0 saturated heterocycles. The lowest BCUT2D eigenvalue weighted by Gasteiger charge is -2.02. The van der Waals surface area contributed by atoms with Gasteiger partial charge in [0.15, 0.2) is 12.6 Å². The molecule has 0 spiro atoms. The van der Waals surface area contributed by atoms with Gasteiger partial charge in [0.05, 0.1) is 36.7 Å². The molecule has 0 amide bonds. The SMILES string of the molecule is COC(=O)c1ccc(-n2ccc(C=O)n2)cc1.COC(=O)c1ccc(B(O)O)cc1.O=Cc1ccn[nH]1. The van der Waals surface area contributed by atoms with E-state index < -0.39 is 13.1 Å². The molecule has 0 bridgehead atoms. The van der Waals surface area contributed by atoms with Crippen LogP contribution in [0.3, 0.4) is 0 Å². The predicted molar refractivity (Wildman–Crippen MR) is 132 cm³/mol. The lowest BCUT2D eigenvalue weighted by atomic mass is 9.80. The van der Waals surface area contributed by atoms with Crippen molar-refractivity contribution in [3.8, 4) is 5.69 Å². The number of aldehydes is 2. The molecule has 0 atom stereocenters. The van der Waals surface area contributed by atoms with Crippen molar-refractivity contribution in [3.63, 3.8) is 0 Å². The number of H-pyrrole nitrogens is 1. The first-order valence-electron chi connectivity index (χ1n) is 10.5. The number of nitrogens with zero attached hydrogens (tertiary/aromatic N) is 3. The molecular weight excluding hydrogens is 483 g/mol. The summed E-state index contributed by atoms with van der Waals surface area (Å²) in [4.78, 5) is 42.5. The molecule has 0 aliphatic carbocycles. The lowest BCUT2D eigenvalue weighted by Crippen LogP contribution is -2.29. The average Bonchev–Trinajstić information content (AvgIpc) is 3.65. The molecule has 190 valence electrons. The Bertz CT molecular complexity index is 1290. The van der Waals surface area contributed by atoms with Crippen molar-refractivity contribution in [3.05, 3.63) is 95.6 Å². The summed E-state index contributed by atoms with van der Waals surface area (Å²) >= 11 is 0. The second-order valence-corrected chi connectivity index (χ2v) is 6.96. The number of hydrogen-bond acceptors (Lipinski definition) is 10. The van der Waals surface area contributed by atoms with Crippen molar-refractivity contribution in [2.24, 2.45) is 0 Å². The highest BCUT2D eigenvalue weighted by Gasteiger charge is 2.11. The summed E-state index contributed by atoms with van der Waals surface area (Å²) in [5.41, 5.74) is 2.84. The van der Waals surface area contributed by atoms with E-state index in [2.05, 4.69) is 24.8 Å². The van der Waals surface area contributed by atoms with E-state index in [4.69, 9.17) is 10.0 Å². The van der Waals surface area contributed by atoms with Crippen molar-refractivity contribution in [1.82, 2.24) is 20.0 Å². The Hall–Kier alpha value is -4.88. The highest BCUT2D eigenvalue weighted by Crippen LogP contribution is 2.10. The van der Waals surface area contributed by atoms with Gasteiger partial charge in [0.25, 0.3) is 0 Å². The minimum absolute atomic E-state index is 0.340. The maximum Gasteiger partial charge on any atom is 0.488 e. The highest BCUT2D eigenvalue weighted by atomic mass is 16.5. The summed E-state index contributed by atoms with van der Waals surface area (Å²) in [5, 5.41) is 27.5. The number of benzene rings is 2. The van der Waals surface area contributed by atoms with Crippen molar-refractivity contribution in [2.75, 3.05) is 14.2 Å². The second-order valence-electron chi connectivity index (χ2n) is 6.96. The minimum atomic E-state index is -1.51. The van der Waals surface area contributed by atoms with Gasteiger partial charge in [-0.25, -0.2) is 14.3 Å². The first-order chi connectivity index (χ1) is 17.8. The number of carbonyl (C=O) groups is 4. The number of methoxy groups -OCH3 is 2. The number of aromatic nitrogens is 4. The van der Waals surface area contributed by atoms with Gasteiger partial charge < -0.3 is 19.5 Å². The van der Waals surface area contributed by atoms with Crippen molar-refractivity contribution < 1.29 is 38.7 Å². The smallest absolute Gasteiger partial charge is 0.465 e. The van der Waals surface area contributed by atoms with Crippen molar-refractivity contribution in [1.29, 1.82) is 0 Å². The lowest BCUT2D eigenvalue weighted by molar-refractivity contribution is 0.0592. The fourth-order valence-electron chi connectivity index (χ4n) is 2.65. The number of nitrogens with one attached hydrogen (secondary N) is 1. The summed E-state index contributed by atoms with van der Waals surface area (Å²) in [5.74, 6) is -0.829. The fraction of sp³-hybridized carbons (Fsp3) is 0.0833. The van der Waals surface area contributed by atoms with E-state index in [1.165, 1.54) is 44.7 Å². The number of carbonyl (C=O) groups excluding carboxylic acids is 4. The van der Waals surface area contributed by atoms with E-state index in [9.17, 15) is 19.2 Å². The maximum absolute atomic E-state index is 11.2. The molecule has 2 heterocycles. The molecule has 0 fully saturated rings. The van der Waals surface area contributed by atoms with Crippen LogP contribution < -0.4 is 5.46 Å². The number of rotatable bonds is 6. The van der Waals surface area contributed by atoms with Crippen LogP contribution in [0, 0.1) is 0 Å².